The molecule has 1 aliphatic carbocycles. The van der Waals surface area contributed by atoms with Crippen molar-refractivity contribution in [1.29, 1.82) is 0 Å². The molecule has 16 heavy (non-hydrogen) atoms. The monoisotopic (exact) mass is 215 g/mol. The largest absolute Gasteiger partial charge is 0.497 e. The number of rotatable bonds is 4. The summed E-state index contributed by atoms with van der Waals surface area (Å²) in [7, 11) is 3.80. The number of hydrogen-bond donors (Lipinski definition) is 0. The Morgan fingerprint density at radius 1 is 1.25 bits per heavy atom. The molecule has 0 bridgehead atoms. The van der Waals surface area contributed by atoms with E-state index >= 15 is 0 Å². The minimum absolute atomic E-state index is 0.902. The van der Waals surface area contributed by atoms with Crippen LogP contribution in [0.1, 0.15) is 6.42 Å². The van der Waals surface area contributed by atoms with Gasteiger partial charge in [0.2, 0.25) is 0 Å². The summed E-state index contributed by atoms with van der Waals surface area (Å²) < 4.78 is 5.14. The molecule has 2 rings (SSSR count). The van der Waals surface area contributed by atoms with Crippen LogP contribution in [0.4, 0.5) is 5.69 Å². The van der Waals surface area contributed by atoms with Crippen molar-refractivity contribution in [1.82, 2.24) is 0 Å². The van der Waals surface area contributed by atoms with Crippen LogP contribution in [-0.4, -0.2) is 20.7 Å². The smallest absolute Gasteiger partial charge is 0.119 e. The van der Waals surface area contributed by atoms with Gasteiger partial charge in [0, 0.05) is 19.3 Å². The van der Waals surface area contributed by atoms with Crippen molar-refractivity contribution in [3.63, 3.8) is 0 Å². The molecule has 0 heterocycles. The van der Waals surface area contributed by atoms with Crippen LogP contribution in [0.5, 0.6) is 5.75 Å². The topological polar surface area (TPSA) is 12.5 Å². The molecular formula is C14H17NO. The first-order valence-electron chi connectivity index (χ1n) is 5.49. The van der Waals surface area contributed by atoms with Gasteiger partial charge in [0.05, 0.1) is 7.11 Å². The first-order valence-corrected chi connectivity index (χ1v) is 5.49. The van der Waals surface area contributed by atoms with Gasteiger partial charge in [-0.1, -0.05) is 18.2 Å². The molecule has 0 unspecified atom stereocenters. The summed E-state index contributed by atoms with van der Waals surface area (Å²) in [5.74, 6) is 0.902. The number of anilines is 1. The second kappa shape index (κ2) is 4.88. The molecule has 2 heteroatoms. The fourth-order valence-electron chi connectivity index (χ4n) is 1.84. The summed E-state index contributed by atoms with van der Waals surface area (Å²) in [6.45, 7) is 0.985. The van der Waals surface area contributed by atoms with E-state index in [1.807, 2.05) is 12.1 Å². The number of hydrogen-bond acceptors (Lipinski definition) is 2. The number of nitrogens with zero attached hydrogens (tertiary/aromatic N) is 1. The van der Waals surface area contributed by atoms with Gasteiger partial charge in [0.1, 0.15) is 5.75 Å². The molecule has 0 spiro atoms. The highest BCUT2D eigenvalue weighted by molar-refractivity contribution is 5.49. The lowest BCUT2D eigenvalue weighted by atomic mass is 10.2. The lowest BCUT2D eigenvalue weighted by molar-refractivity contribution is 0.415. The van der Waals surface area contributed by atoms with Crippen molar-refractivity contribution in [2.24, 2.45) is 0 Å². The zero-order valence-corrected chi connectivity index (χ0v) is 9.81. The Morgan fingerprint density at radius 3 is 2.56 bits per heavy atom. The van der Waals surface area contributed by atoms with Gasteiger partial charge in [-0.2, -0.15) is 0 Å². The van der Waals surface area contributed by atoms with Crippen LogP contribution < -0.4 is 9.64 Å². The molecule has 0 saturated heterocycles. The maximum atomic E-state index is 5.14. The Labute approximate surface area is 96.8 Å². The number of ether oxygens (including phenoxy) is 1. The van der Waals surface area contributed by atoms with Crippen LogP contribution in [-0.2, 0) is 0 Å². The molecule has 0 fully saturated rings. The molecule has 1 aromatic rings. The number of benzene rings is 1. The van der Waals surface area contributed by atoms with E-state index in [1.165, 1.54) is 11.3 Å². The summed E-state index contributed by atoms with van der Waals surface area (Å²) in [4.78, 5) is 2.25. The van der Waals surface area contributed by atoms with Crippen molar-refractivity contribution in [3.05, 3.63) is 48.1 Å². The van der Waals surface area contributed by atoms with Crippen molar-refractivity contribution in [3.8, 4) is 5.75 Å². The van der Waals surface area contributed by atoms with Crippen LogP contribution in [0.15, 0.2) is 48.1 Å². The molecule has 0 radical (unpaired) electrons. The van der Waals surface area contributed by atoms with Gasteiger partial charge in [-0.25, -0.2) is 0 Å². The summed E-state index contributed by atoms with van der Waals surface area (Å²) in [5, 5.41) is 0. The Hall–Kier alpha value is -1.70. The first-order chi connectivity index (χ1) is 7.79. The minimum Gasteiger partial charge on any atom is -0.497 e. The zero-order valence-electron chi connectivity index (χ0n) is 9.81. The normalized spacial score (nSPS) is 13.8. The SMILES string of the molecule is COc1ccc(N(C)CC2=CC=CC2)cc1. The predicted molar refractivity (Wildman–Crippen MR) is 68.1 cm³/mol. The minimum atomic E-state index is 0.902. The van der Waals surface area contributed by atoms with Crippen molar-refractivity contribution < 1.29 is 4.74 Å². The average Bonchev–Trinajstić information content (AvgIpc) is 2.82. The van der Waals surface area contributed by atoms with E-state index in [9.17, 15) is 0 Å². The molecule has 0 atom stereocenters. The predicted octanol–water partition coefficient (Wildman–Crippen LogP) is 3.02. The van der Waals surface area contributed by atoms with Crippen LogP contribution in [0.25, 0.3) is 0 Å². The third-order valence-corrected chi connectivity index (χ3v) is 2.80. The second-order valence-corrected chi connectivity index (χ2v) is 4.01. The van der Waals surface area contributed by atoms with Crippen LogP contribution in [0, 0.1) is 0 Å². The highest BCUT2D eigenvalue weighted by Crippen LogP contribution is 2.20. The van der Waals surface area contributed by atoms with Gasteiger partial charge in [-0.3, -0.25) is 0 Å². The molecular weight excluding hydrogens is 198 g/mol. The van der Waals surface area contributed by atoms with Crippen molar-refractivity contribution >= 4 is 5.69 Å². The highest BCUT2D eigenvalue weighted by atomic mass is 16.5. The standard InChI is InChI=1S/C14H17NO/c1-15(11-12-5-3-4-6-12)13-7-9-14(16-2)10-8-13/h3-5,7-10H,6,11H2,1-2H3. The second-order valence-electron chi connectivity index (χ2n) is 4.01. The lowest BCUT2D eigenvalue weighted by Gasteiger charge is -2.20. The molecule has 0 N–H and O–H groups in total. The molecule has 0 aromatic heterocycles. The van der Waals surface area contributed by atoms with E-state index < -0.39 is 0 Å². The van der Waals surface area contributed by atoms with Gasteiger partial charge in [-0.15, -0.1) is 0 Å². The van der Waals surface area contributed by atoms with Crippen molar-refractivity contribution in [2.75, 3.05) is 25.6 Å². The summed E-state index contributed by atoms with van der Waals surface area (Å²) >= 11 is 0. The average molecular weight is 215 g/mol. The quantitative estimate of drug-likeness (QED) is 0.765. The van der Waals surface area contributed by atoms with Crippen molar-refractivity contribution in [2.45, 2.75) is 6.42 Å². The third kappa shape index (κ3) is 2.45. The van der Waals surface area contributed by atoms with Gasteiger partial charge >= 0.3 is 0 Å². The fraction of sp³-hybridized carbons (Fsp3) is 0.286. The molecule has 1 aliphatic rings. The third-order valence-electron chi connectivity index (χ3n) is 2.80. The Bertz CT molecular complexity index is 403. The lowest BCUT2D eigenvalue weighted by Crippen LogP contribution is -2.19. The number of allylic oxidation sites excluding steroid dienone is 3. The molecule has 0 amide bonds. The van der Waals surface area contributed by atoms with E-state index in [1.54, 1.807) is 7.11 Å². The van der Waals surface area contributed by atoms with E-state index in [4.69, 9.17) is 4.74 Å². The highest BCUT2D eigenvalue weighted by Gasteiger charge is 2.05. The first kappa shape index (κ1) is 10.8. The number of methoxy groups -OCH3 is 1. The summed E-state index contributed by atoms with van der Waals surface area (Å²) in [6, 6.07) is 8.16. The summed E-state index contributed by atoms with van der Waals surface area (Å²) in [5.41, 5.74) is 2.67. The van der Waals surface area contributed by atoms with Gasteiger partial charge < -0.3 is 9.64 Å². The fourth-order valence-corrected chi connectivity index (χ4v) is 1.84. The molecule has 84 valence electrons. The van der Waals surface area contributed by atoms with Crippen LogP contribution in [0.2, 0.25) is 0 Å². The number of likely N-dealkylation sites (N-methyl/N-ethyl adjacent to an activating group) is 1. The van der Waals surface area contributed by atoms with E-state index in [-0.39, 0.29) is 0 Å². The van der Waals surface area contributed by atoms with Crippen LogP contribution >= 0.6 is 0 Å². The van der Waals surface area contributed by atoms with E-state index in [0.29, 0.717) is 0 Å². The summed E-state index contributed by atoms with van der Waals surface area (Å²) in [6.07, 6.45) is 7.59. The Morgan fingerprint density at radius 2 is 2.00 bits per heavy atom. The van der Waals surface area contributed by atoms with Gasteiger partial charge in [0.15, 0.2) is 0 Å². The van der Waals surface area contributed by atoms with E-state index in [2.05, 4.69) is 42.3 Å². The molecule has 2 nitrogen and oxygen atoms in total. The van der Waals surface area contributed by atoms with E-state index in [0.717, 1.165) is 18.7 Å². The molecule has 0 saturated carbocycles. The molecule has 1 aromatic carbocycles. The maximum Gasteiger partial charge on any atom is 0.119 e. The van der Waals surface area contributed by atoms with Crippen LogP contribution in [0.3, 0.4) is 0 Å². The van der Waals surface area contributed by atoms with Gasteiger partial charge in [0.25, 0.3) is 0 Å². The zero-order chi connectivity index (χ0) is 11.4. The van der Waals surface area contributed by atoms with Gasteiger partial charge in [-0.05, 0) is 36.3 Å². The molecule has 0 aliphatic heterocycles. The Balaban J connectivity index is 2.00. The Kier molecular flexibility index (Phi) is 3.30. The maximum absolute atomic E-state index is 5.14.